The molecule has 4 N–H and O–H groups in total. The number of aliphatic imine (C=N–C) groups is 2. The van der Waals surface area contributed by atoms with Crippen molar-refractivity contribution in [3.63, 3.8) is 0 Å². The van der Waals surface area contributed by atoms with Crippen LogP contribution in [-0.4, -0.2) is 66.0 Å². The van der Waals surface area contributed by atoms with Crippen molar-refractivity contribution in [3.05, 3.63) is 82.5 Å². The van der Waals surface area contributed by atoms with Crippen LogP contribution in [0.1, 0.15) is 124 Å². The minimum Gasteiger partial charge on any atom is -0.862 e. The van der Waals surface area contributed by atoms with Crippen molar-refractivity contribution in [1.29, 1.82) is 0 Å². The van der Waals surface area contributed by atoms with Gasteiger partial charge in [-0.3, -0.25) is 9.98 Å². The van der Waals surface area contributed by atoms with Crippen LogP contribution in [0.4, 0.5) is 0 Å². The van der Waals surface area contributed by atoms with Gasteiger partial charge in [0, 0.05) is 33.2 Å². The molecule has 0 aromatic carbocycles. The molecule has 0 spiro atoms. The minimum atomic E-state index is -1.13. The number of H-pyrrole nitrogens is 2. The van der Waals surface area contributed by atoms with E-state index in [-0.39, 0.29) is 97.6 Å². The number of nitrogens with one attached hydrogen (secondary N) is 2. The summed E-state index contributed by atoms with van der Waals surface area (Å²) in [6.45, 7) is 19.8. The summed E-state index contributed by atoms with van der Waals surface area (Å²) >= 11 is 0. The Morgan fingerprint density at radius 1 is 0.672 bits per heavy atom. The van der Waals surface area contributed by atoms with Gasteiger partial charge in [-0.1, -0.05) is 52.0 Å². The van der Waals surface area contributed by atoms with E-state index in [9.17, 15) is 30.0 Å². The molecule has 2 unspecified atom stereocenters. The van der Waals surface area contributed by atoms with Crippen LogP contribution in [0.2, 0.25) is 0 Å². The topological polar surface area (TPSA) is 203 Å². The fourth-order valence-corrected chi connectivity index (χ4v) is 7.28. The van der Waals surface area contributed by atoms with Crippen molar-refractivity contribution in [2.24, 2.45) is 9.98 Å². The van der Waals surface area contributed by atoms with Gasteiger partial charge in [0.1, 0.15) is 12.1 Å². The fourth-order valence-electron chi connectivity index (χ4n) is 7.28. The van der Waals surface area contributed by atoms with Gasteiger partial charge in [0.2, 0.25) is 0 Å². The molecule has 8 bridgehead atoms. The Kier molecular flexibility index (Phi) is 17.7. The molecule has 2 atom stereocenters. The number of aromatic nitrogens is 4. The van der Waals surface area contributed by atoms with Crippen LogP contribution in [0.25, 0.3) is 56.5 Å². The van der Waals surface area contributed by atoms with Crippen molar-refractivity contribution in [3.8, 4) is 0 Å². The van der Waals surface area contributed by atoms with E-state index in [0.717, 1.165) is 66.6 Å². The molecule has 12 nitrogen and oxygen atoms in total. The molecule has 5 rings (SSSR count). The van der Waals surface area contributed by atoms with Crippen molar-refractivity contribution in [1.82, 2.24) is 19.9 Å². The molecule has 0 radical (unpaired) electrons. The first-order valence-corrected chi connectivity index (χ1v) is 19.0. The van der Waals surface area contributed by atoms with Crippen molar-refractivity contribution < 1.29 is 89.1 Å². The van der Waals surface area contributed by atoms with Crippen LogP contribution in [0.5, 0.6) is 0 Å². The van der Waals surface area contributed by atoms with E-state index in [1.807, 2.05) is 71.9 Å². The second-order valence-electron chi connectivity index (χ2n) is 14.3. The number of carboxylic acids is 2. The number of aromatic amines is 2. The van der Waals surface area contributed by atoms with Gasteiger partial charge < -0.3 is 30.4 Å². The monoisotopic (exact) mass is 804 g/mol. The average Bonchev–Trinajstić information content (AvgIpc) is 3.81. The van der Waals surface area contributed by atoms with E-state index in [4.69, 9.17) is 9.97 Å². The summed E-state index contributed by atoms with van der Waals surface area (Å²) in [6.07, 6.45) is 5.79. The van der Waals surface area contributed by atoms with E-state index in [1.165, 1.54) is 0 Å². The number of aryl methyl sites for hydroxylation is 2. The van der Waals surface area contributed by atoms with Gasteiger partial charge in [-0.25, -0.2) is 19.6 Å². The molecule has 0 saturated heterocycles. The molecule has 3 aromatic heterocycles. The zero-order chi connectivity index (χ0) is 40.8. The predicted octanol–water partition coefficient (Wildman–Crippen LogP) is 1.67. The molecule has 0 amide bonds. The molecule has 0 saturated carbocycles. The number of fused-ring (bicyclic) bond motifs is 8. The third-order valence-electron chi connectivity index (χ3n) is 10.5. The smallest absolute Gasteiger partial charge is 0.862 e. The summed E-state index contributed by atoms with van der Waals surface area (Å²) in [5.41, 5.74) is 13.0. The Morgan fingerprint density at radius 3 is 1.43 bits per heavy atom. The zero-order valence-corrected chi connectivity index (χ0v) is 39.0. The fraction of sp³-hybridized carbons (Fsp3) is 0.364. The molecule has 14 heteroatoms. The number of allylic oxidation sites excluding steroid dienone is 4. The van der Waals surface area contributed by atoms with E-state index >= 15 is 0 Å². The Bertz CT molecular complexity index is 2390. The quantitative estimate of drug-likeness (QED) is 0.0951. The number of rotatable bonds is 16. The van der Waals surface area contributed by atoms with Crippen LogP contribution in [0.3, 0.4) is 0 Å². The van der Waals surface area contributed by atoms with Gasteiger partial charge in [0.05, 0.1) is 22.8 Å². The standard InChI is InChI=1S/C44H52N6O6.2Na/c1-9-13-31(43(53)54)49-41(51)17-15-29-25(7)34-19-33-23(5)27(11-3)37(45-33)20-35-24(6)28(12-4)38(46-35)21-36-26(8)30(40(48-36)22-39(29)47-34)16-18-42(52)50-32(14-10-2)44(55)56;;/h11-12,19-22,31-32,45-46H,3-4,9-10,13-18H2,1-2,5-8H3,(H,49,51)(H,50,52)(H,53,54)(H,55,56);;/q;2*+1/p-2. The van der Waals surface area contributed by atoms with Crippen molar-refractivity contribution >= 4 is 80.2 Å². The van der Waals surface area contributed by atoms with Crippen LogP contribution >= 0.6 is 0 Å². The number of hydrogen-bond donors (Lipinski definition) is 4. The van der Waals surface area contributed by atoms with E-state index < -0.39 is 35.8 Å². The largest absolute Gasteiger partial charge is 1.00 e. The van der Waals surface area contributed by atoms with E-state index in [0.29, 0.717) is 35.6 Å². The Labute approximate surface area is 383 Å². The molecule has 0 aliphatic carbocycles. The molecule has 3 aromatic rings. The zero-order valence-electron chi connectivity index (χ0n) is 35.0. The summed E-state index contributed by atoms with van der Waals surface area (Å²) in [7, 11) is 0. The average molecular weight is 805 g/mol. The Morgan fingerprint density at radius 2 is 1.05 bits per heavy atom. The second-order valence-corrected chi connectivity index (χ2v) is 14.3. The molecule has 58 heavy (non-hydrogen) atoms. The summed E-state index contributed by atoms with van der Waals surface area (Å²) in [5.74, 6) is -3.26. The summed E-state index contributed by atoms with van der Waals surface area (Å²) in [6, 6.07) is 5.63. The Hall–Kier alpha value is -4.04. The number of nitrogens with zero attached hydrogens (tertiary/aromatic N) is 4. The van der Waals surface area contributed by atoms with Gasteiger partial charge in [0.15, 0.2) is 0 Å². The van der Waals surface area contributed by atoms with E-state index in [1.54, 1.807) is 6.08 Å². The van der Waals surface area contributed by atoms with Gasteiger partial charge in [-0.2, -0.15) is 0 Å². The summed E-state index contributed by atoms with van der Waals surface area (Å²) < 4.78 is 0. The first-order valence-electron chi connectivity index (χ1n) is 19.0. The molecular weight excluding hydrogens is 754 g/mol. The number of carboxylic acid groups (broad SMARTS) is 2. The maximum absolute atomic E-state index is 13.1. The number of carbonyl (C=O) groups is 2. The third-order valence-corrected chi connectivity index (χ3v) is 10.5. The van der Waals surface area contributed by atoms with Crippen LogP contribution in [-0.2, 0) is 9.59 Å². The molecular formula is C44H50N6Na2O6. The van der Waals surface area contributed by atoms with Crippen LogP contribution in [0, 0.1) is 13.8 Å². The van der Waals surface area contributed by atoms with Gasteiger partial charge in [-0.15, -0.1) is 0 Å². The maximum atomic E-state index is 13.1. The SMILES string of the molecule is C=Cc1c(C)c2cc3[nH]c(cc4nc(cc5nc(cc1[nH]2)C(C)=C5CCC([O-])=NC(CCC)C(=O)O)C(CCC([O-])=NC(CCC)C(=O)O)=C4C)c(C)c3C=C.[Na+].[Na+]. The first-order chi connectivity index (χ1) is 26.7. The van der Waals surface area contributed by atoms with Crippen LogP contribution < -0.4 is 69.3 Å². The molecule has 2 aliphatic heterocycles. The molecule has 5 heterocycles. The van der Waals surface area contributed by atoms with Gasteiger partial charge >= 0.3 is 71.1 Å². The first kappa shape index (κ1) is 48.3. The van der Waals surface area contributed by atoms with Crippen LogP contribution in [0.15, 0.2) is 47.4 Å². The third kappa shape index (κ3) is 10.8. The second kappa shape index (κ2) is 21.3. The molecule has 2 aliphatic rings. The van der Waals surface area contributed by atoms with Gasteiger partial charge in [-0.05, 0) is 136 Å². The maximum Gasteiger partial charge on any atom is 1.00 e. The summed E-state index contributed by atoms with van der Waals surface area (Å²) in [5, 5.41) is 45.3. The van der Waals surface area contributed by atoms with E-state index in [2.05, 4.69) is 33.1 Å². The minimum absolute atomic E-state index is 0. The van der Waals surface area contributed by atoms with Crippen molar-refractivity contribution in [2.45, 2.75) is 105 Å². The summed E-state index contributed by atoms with van der Waals surface area (Å²) in [4.78, 5) is 48.8. The Balaban J connectivity index is 0.00000450. The number of aliphatic carboxylic acids is 2. The normalized spacial score (nSPS) is 14.1. The van der Waals surface area contributed by atoms with Gasteiger partial charge in [0.25, 0.3) is 0 Å². The molecule has 294 valence electrons. The number of hydrogen-bond acceptors (Lipinski definition) is 8. The van der Waals surface area contributed by atoms with Crippen molar-refractivity contribution in [2.75, 3.05) is 0 Å². The molecule has 0 fully saturated rings. The predicted molar refractivity (Wildman–Crippen MR) is 222 cm³/mol.